The molecule has 1 saturated heterocycles. The van der Waals surface area contributed by atoms with Crippen LogP contribution in [0.2, 0.25) is 5.02 Å². The molecule has 1 aliphatic rings. The van der Waals surface area contributed by atoms with Crippen molar-refractivity contribution in [3.63, 3.8) is 0 Å². The van der Waals surface area contributed by atoms with Gasteiger partial charge in [0.25, 0.3) is 0 Å². The van der Waals surface area contributed by atoms with E-state index in [9.17, 15) is 13.2 Å². The lowest BCUT2D eigenvalue weighted by molar-refractivity contribution is -0.129. The fourth-order valence-electron chi connectivity index (χ4n) is 3.91. The van der Waals surface area contributed by atoms with Crippen molar-refractivity contribution < 1.29 is 17.9 Å². The van der Waals surface area contributed by atoms with Gasteiger partial charge in [0.1, 0.15) is 11.8 Å². The third-order valence-electron chi connectivity index (χ3n) is 5.56. The summed E-state index contributed by atoms with van der Waals surface area (Å²) < 4.78 is 33.8. The Morgan fingerprint density at radius 2 is 2.06 bits per heavy atom. The number of fused-ring (bicyclic) bond motifs is 1. The van der Waals surface area contributed by atoms with Crippen LogP contribution in [0.3, 0.4) is 0 Å². The third-order valence-corrected chi connectivity index (χ3v) is 7.42. The number of methoxy groups -OCH3 is 1. The number of carbonyl (C=O) groups is 1. The Morgan fingerprint density at radius 1 is 1.24 bits per heavy atom. The van der Waals surface area contributed by atoms with Gasteiger partial charge in [0, 0.05) is 18.5 Å². The molecule has 0 unspecified atom stereocenters. The monoisotopic (exact) mass is 486 g/mol. The first-order chi connectivity index (χ1) is 15.8. The Kier molecular flexibility index (Phi) is 6.55. The van der Waals surface area contributed by atoms with Crippen LogP contribution in [0, 0.1) is 0 Å². The number of hydrogen-bond donors (Lipinski definition) is 2. The number of rotatable bonds is 7. The maximum Gasteiger partial charge on any atom is 0.241 e. The number of halogens is 1. The van der Waals surface area contributed by atoms with Crippen LogP contribution < -0.4 is 15.3 Å². The predicted molar refractivity (Wildman–Crippen MR) is 128 cm³/mol. The number of benzene rings is 3. The third kappa shape index (κ3) is 4.80. The van der Waals surface area contributed by atoms with Crippen LogP contribution in [0.15, 0.2) is 64.6 Å². The topological polar surface area (TPSA) is 114 Å². The van der Waals surface area contributed by atoms with E-state index in [-0.39, 0.29) is 10.8 Å². The van der Waals surface area contributed by atoms with E-state index < -0.39 is 16.1 Å². The van der Waals surface area contributed by atoms with E-state index >= 15 is 0 Å². The predicted octanol–water partition coefficient (Wildman–Crippen LogP) is 2.87. The first kappa shape index (κ1) is 23.0. The first-order valence-electron chi connectivity index (χ1n) is 10.2. The molecule has 0 aliphatic carbocycles. The molecule has 0 saturated carbocycles. The molecule has 0 aromatic heterocycles. The van der Waals surface area contributed by atoms with Crippen molar-refractivity contribution in [2.24, 2.45) is 10.9 Å². The molecular formula is C23H23ClN4O4S. The number of amides is 1. The van der Waals surface area contributed by atoms with Gasteiger partial charge in [0.15, 0.2) is 0 Å². The Hall–Kier alpha value is -3.14. The summed E-state index contributed by atoms with van der Waals surface area (Å²) in [6.45, 7) is 0.827. The number of hydrazone groups is 1. The highest BCUT2D eigenvalue weighted by molar-refractivity contribution is 7.89. The first-order valence-corrected chi connectivity index (χ1v) is 12.1. The Bertz CT molecular complexity index is 1340. The minimum Gasteiger partial charge on any atom is -0.495 e. The fourth-order valence-corrected chi connectivity index (χ4v) is 5.48. The van der Waals surface area contributed by atoms with Gasteiger partial charge in [-0.25, -0.2) is 8.42 Å². The highest BCUT2D eigenvalue weighted by Gasteiger charge is 2.35. The summed E-state index contributed by atoms with van der Waals surface area (Å²) >= 11 is 6.32. The number of nitrogens with two attached hydrogens (primary N) is 1. The SMILES string of the molecule is COc1ccc2cc(S(=O)(=O)N[C@H]3CCN(Cc4cccc(C=NN)c4)C3=O)ccc2c1Cl. The lowest BCUT2D eigenvalue weighted by atomic mass is 10.1. The summed E-state index contributed by atoms with van der Waals surface area (Å²) in [5, 5.41) is 5.26. The maximum absolute atomic E-state index is 13.0. The van der Waals surface area contributed by atoms with E-state index in [1.54, 1.807) is 23.1 Å². The summed E-state index contributed by atoms with van der Waals surface area (Å²) in [6, 6.07) is 14.7. The number of nitrogens with zero attached hydrogens (tertiary/aromatic N) is 2. The van der Waals surface area contributed by atoms with Crippen molar-refractivity contribution in [2.45, 2.75) is 23.9 Å². The molecule has 3 aromatic rings. The molecule has 10 heteroatoms. The van der Waals surface area contributed by atoms with Crippen molar-refractivity contribution in [3.8, 4) is 5.75 Å². The van der Waals surface area contributed by atoms with Gasteiger partial charge in [-0.05, 0) is 47.2 Å². The van der Waals surface area contributed by atoms with Gasteiger partial charge in [0.2, 0.25) is 15.9 Å². The van der Waals surface area contributed by atoms with Crippen LogP contribution in [0.5, 0.6) is 5.75 Å². The molecule has 8 nitrogen and oxygen atoms in total. The minimum atomic E-state index is -3.91. The van der Waals surface area contributed by atoms with Gasteiger partial charge in [-0.2, -0.15) is 9.82 Å². The number of hydrogen-bond acceptors (Lipinski definition) is 6. The molecule has 1 heterocycles. The molecule has 1 atom stereocenters. The van der Waals surface area contributed by atoms with Crippen molar-refractivity contribution in [1.29, 1.82) is 0 Å². The van der Waals surface area contributed by atoms with Crippen LogP contribution in [0.25, 0.3) is 10.8 Å². The van der Waals surface area contributed by atoms with E-state index in [1.807, 2.05) is 24.3 Å². The zero-order valence-corrected chi connectivity index (χ0v) is 19.4. The molecule has 1 amide bonds. The molecule has 0 spiro atoms. The number of ether oxygens (including phenoxy) is 1. The van der Waals surface area contributed by atoms with Crippen LogP contribution in [0.1, 0.15) is 17.5 Å². The summed E-state index contributed by atoms with van der Waals surface area (Å²) in [5.41, 5.74) is 1.74. The second-order valence-electron chi connectivity index (χ2n) is 7.71. The Labute approximate surface area is 197 Å². The van der Waals surface area contributed by atoms with Crippen LogP contribution >= 0.6 is 11.6 Å². The molecule has 172 valence electrons. The number of carbonyl (C=O) groups excluding carboxylic acids is 1. The van der Waals surface area contributed by atoms with Crippen molar-refractivity contribution in [3.05, 3.63) is 70.7 Å². The van der Waals surface area contributed by atoms with Crippen LogP contribution in [0.4, 0.5) is 0 Å². The fraction of sp³-hybridized carbons (Fsp3) is 0.217. The van der Waals surface area contributed by atoms with Crippen molar-refractivity contribution in [1.82, 2.24) is 9.62 Å². The van der Waals surface area contributed by atoms with Gasteiger partial charge in [-0.1, -0.05) is 41.9 Å². The highest BCUT2D eigenvalue weighted by atomic mass is 35.5. The summed E-state index contributed by atoms with van der Waals surface area (Å²) in [4.78, 5) is 14.6. The minimum absolute atomic E-state index is 0.0660. The quantitative estimate of drug-likeness (QED) is 0.303. The van der Waals surface area contributed by atoms with Crippen LogP contribution in [-0.4, -0.2) is 45.1 Å². The highest BCUT2D eigenvalue weighted by Crippen LogP contribution is 2.33. The van der Waals surface area contributed by atoms with Gasteiger partial charge in [-0.3, -0.25) is 4.79 Å². The summed E-state index contributed by atoms with van der Waals surface area (Å²) in [5.74, 6) is 5.45. The molecular weight excluding hydrogens is 464 g/mol. The van der Waals surface area contributed by atoms with Gasteiger partial charge in [0.05, 0.1) is 23.2 Å². The zero-order valence-electron chi connectivity index (χ0n) is 17.9. The Morgan fingerprint density at radius 3 is 2.82 bits per heavy atom. The standard InChI is InChI=1S/C23H23ClN4O4S/c1-32-21-8-5-17-12-18(6-7-19(17)22(21)24)33(30,31)27-20-9-10-28(23(20)29)14-16-4-2-3-15(11-16)13-26-25/h2-8,11-13,20,27H,9-10,14,25H2,1H3/t20-/m0/s1. The van der Waals surface area contributed by atoms with E-state index in [2.05, 4.69) is 9.82 Å². The molecule has 3 N–H and O–H groups in total. The maximum atomic E-state index is 13.0. The van der Waals surface area contributed by atoms with E-state index in [0.717, 1.165) is 11.1 Å². The summed E-state index contributed by atoms with van der Waals surface area (Å²) in [6.07, 6.45) is 1.91. The molecule has 0 bridgehead atoms. The normalized spacial score (nSPS) is 16.7. The average molecular weight is 487 g/mol. The van der Waals surface area contributed by atoms with Gasteiger partial charge < -0.3 is 15.5 Å². The van der Waals surface area contributed by atoms with E-state index in [0.29, 0.717) is 41.1 Å². The molecule has 3 aromatic carbocycles. The zero-order chi connectivity index (χ0) is 23.6. The second-order valence-corrected chi connectivity index (χ2v) is 9.80. The van der Waals surface area contributed by atoms with Gasteiger partial charge in [-0.15, -0.1) is 0 Å². The van der Waals surface area contributed by atoms with Crippen molar-refractivity contribution in [2.75, 3.05) is 13.7 Å². The smallest absolute Gasteiger partial charge is 0.241 e. The second kappa shape index (κ2) is 9.38. The largest absolute Gasteiger partial charge is 0.495 e. The van der Waals surface area contributed by atoms with E-state index in [4.69, 9.17) is 22.2 Å². The lowest BCUT2D eigenvalue weighted by Gasteiger charge is -2.18. The lowest BCUT2D eigenvalue weighted by Crippen LogP contribution is -2.41. The molecule has 1 aliphatic heterocycles. The molecule has 33 heavy (non-hydrogen) atoms. The number of likely N-dealkylation sites (tertiary alicyclic amines) is 1. The molecule has 4 rings (SSSR count). The van der Waals surface area contributed by atoms with Crippen molar-refractivity contribution >= 4 is 44.5 Å². The number of nitrogens with one attached hydrogen (secondary N) is 1. The van der Waals surface area contributed by atoms with Gasteiger partial charge >= 0.3 is 0 Å². The molecule has 0 radical (unpaired) electrons. The van der Waals surface area contributed by atoms with E-state index in [1.165, 1.54) is 25.5 Å². The van der Waals surface area contributed by atoms with Crippen LogP contribution in [-0.2, 0) is 21.4 Å². The molecule has 1 fully saturated rings. The number of sulfonamides is 1. The summed E-state index contributed by atoms with van der Waals surface area (Å²) in [7, 11) is -2.39. The average Bonchev–Trinajstić information content (AvgIpc) is 3.13. The Balaban J connectivity index is 1.49.